The van der Waals surface area contributed by atoms with Gasteiger partial charge >= 0.3 is 0 Å². The molecule has 0 N–H and O–H groups in total. The van der Waals surface area contributed by atoms with E-state index in [1.165, 1.54) is 11.1 Å². The van der Waals surface area contributed by atoms with E-state index in [1.807, 2.05) is 12.1 Å². The van der Waals surface area contributed by atoms with Gasteiger partial charge in [0.1, 0.15) is 0 Å². The zero-order valence-electron chi connectivity index (χ0n) is 14.9. The van der Waals surface area contributed by atoms with E-state index in [4.69, 9.17) is 23.2 Å². The molecule has 0 fully saturated rings. The first-order chi connectivity index (χ1) is 11.2. The van der Waals surface area contributed by atoms with E-state index >= 15 is 0 Å². The Morgan fingerprint density at radius 1 is 1.04 bits per heavy atom. The third-order valence-electron chi connectivity index (χ3n) is 4.05. The lowest BCUT2D eigenvalue weighted by molar-refractivity contribution is 0.369. The molecule has 2 aromatic rings. The molecule has 2 aromatic carbocycles. The predicted octanol–water partition coefficient (Wildman–Crippen LogP) is 6.44. The zero-order valence-corrected chi connectivity index (χ0v) is 16.4. The van der Waals surface area contributed by atoms with Gasteiger partial charge in [0.25, 0.3) is 0 Å². The smallest absolute Gasteiger partial charge is 0.0496 e. The molecule has 2 rings (SSSR count). The van der Waals surface area contributed by atoms with Gasteiger partial charge in [-0.1, -0.05) is 80.9 Å². The van der Waals surface area contributed by atoms with Crippen molar-refractivity contribution in [3.63, 3.8) is 0 Å². The van der Waals surface area contributed by atoms with Crippen molar-refractivity contribution < 1.29 is 0 Å². The van der Waals surface area contributed by atoms with E-state index in [0.717, 1.165) is 24.2 Å². The molecule has 128 valence electrons. The molecule has 0 bridgehead atoms. The van der Waals surface area contributed by atoms with Crippen LogP contribution in [0.3, 0.4) is 0 Å². The van der Waals surface area contributed by atoms with E-state index < -0.39 is 0 Å². The number of hydrogen-bond donors (Lipinski definition) is 0. The Morgan fingerprint density at radius 2 is 1.67 bits per heavy atom. The second kappa shape index (κ2) is 7.74. The van der Waals surface area contributed by atoms with Crippen LogP contribution in [-0.4, -0.2) is 18.5 Å². The predicted molar refractivity (Wildman–Crippen MR) is 107 cm³/mol. The Bertz CT molecular complexity index is 712. The summed E-state index contributed by atoms with van der Waals surface area (Å²) in [6.45, 7) is 12.5. The van der Waals surface area contributed by atoms with Gasteiger partial charge in [0.15, 0.2) is 0 Å². The molecule has 0 saturated heterocycles. The fourth-order valence-corrected chi connectivity index (χ4v) is 3.21. The van der Waals surface area contributed by atoms with Crippen LogP contribution in [0.15, 0.2) is 49.0 Å². The first-order valence-corrected chi connectivity index (χ1v) is 8.83. The molecule has 0 radical (unpaired) electrons. The van der Waals surface area contributed by atoms with Crippen LogP contribution in [0.2, 0.25) is 10.0 Å². The summed E-state index contributed by atoms with van der Waals surface area (Å²) in [7, 11) is 2.09. The number of likely N-dealkylation sites (N-methyl/N-ethyl adjacent to an activating group) is 1. The normalized spacial score (nSPS) is 11.8. The molecule has 0 saturated carbocycles. The van der Waals surface area contributed by atoms with Gasteiger partial charge in [-0.2, -0.15) is 0 Å². The lowest BCUT2D eigenvalue weighted by atomic mass is 9.87. The van der Waals surface area contributed by atoms with Crippen molar-refractivity contribution >= 4 is 28.8 Å². The average molecular weight is 362 g/mol. The first kappa shape index (κ1) is 19.1. The largest absolute Gasteiger partial charge is 0.298 e. The third kappa shape index (κ3) is 5.11. The fourth-order valence-electron chi connectivity index (χ4n) is 2.66. The quantitative estimate of drug-likeness (QED) is 0.592. The number of nitrogens with zero attached hydrogens (tertiary/aromatic N) is 1. The molecule has 0 aromatic heterocycles. The van der Waals surface area contributed by atoms with E-state index in [1.54, 1.807) is 6.07 Å². The molecule has 0 aliphatic rings. The summed E-state index contributed by atoms with van der Waals surface area (Å²) in [5.41, 5.74) is 4.78. The standard InChI is InChI=1S/C21H25Cl2N/c1-15(19-11-10-18(22)12-20(19)23)13-24(5)14-16-6-8-17(9-7-16)21(2,3)4/h6-12H,1,13-14H2,2-5H3. The van der Waals surface area contributed by atoms with Crippen LogP contribution in [-0.2, 0) is 12.0 Å². The number of rotatable bonds is 5. The summed E-state index contributed by atoms with van der Waals surface area (Å²) < 4.78 is 0. The van der Waals surface area contributed by atoms with Gasteiger partial charge in [0.05, 0.1) is 0 Å². The van der Waals surface area contributed by atoms with Crippen molar-refractivity contribution in [1.29, 1.82) is 0 Å². The molecule has 0 aliphatic carbocycles. The Kier molecular flexibility index (Phi) is 6.14. The van der Waals surface area contributed by atoms with Gasteiger partial charge in [0.2, 0.25) is 0 Å². The number of hydrogen-bond acceptors (Lipinski definition) is 1. The van der Waals surface area contributed by atoms with Crippen LogP contribution in [0.1, 0.15) is 37.5 Å². The number of halogens is 2. The van der Waals surface area contributed by atoms with Crippen LogP contribution in [0, 0.1) is 0 Å². The minimum atomic E-state index is 0.185. The Hall–Kier alpha value is -1.28. The van der Waals surface area contributed by atoms with Crippen LogP contribution < -0.4 is 0 Å². The summed E-state index contributed by atoms with van der Waals surface area (Å²) in [5.74, 6) is 0. The summed E-state index contributed by atoms with van der Waals surface area (Å²) in [6, 6.07) is 14.4. The minimum Gasteiger partial charge on any atom is -0.298 e. The van der Waals surface area contributed by atoms with Crippen LogP contribution in [0.25, 0.3) is 5.57 Å². The monoisotopic (exact) mass is 361 g/mol. The van der Waals surface area contributed by atoms with E-state index in [2.05, 4.69) is 63.6 Å². The van der Waals surface area contributed by atoms with Crippen molar-refractivity contribution in [2.75, 3.05) is 13.6 Å². The van der Waals surface area contributed by atoms with Gasteiger partial charge in [-0.15, -0.1) is 0 Å². The Labute approximate surface area is 155 Å². The summed E-state index contributed by atoms with van der Waals surface area (Å²) in [4.78, 5) is 2.24. The highest BCUT2D eigenvalue weighted by Crippen LogP contribution is 2.27. The van der Waals surface area contributed by atoms with Gasteiger partial charge in [-0.05, 0) is 46.9 Å². The van der Waals surface area contributed by atoms with Crippen molar-refractivity contribution in [3.8, 4) is 0 Å². The molecule has 1 nitrogen and oxygen atoms in total. The molecule has 0 atom stereocenters. The molecule has 24 heavy (non-hydrogen) atoms. The maximum absolute atomic E-state index is 6.26. The molecule has 0 unspecified atom stereocenters. The summed E-state index contributed by atoms with van der Waals surface area (Å²) in [6.07, 6.45) is 0. The lowest BCUT2D eigenvalue weighted by Gasteiger charge is -2.21. The molecule has 0 amide bonds. The summed E-state index contributed by atoms with van der Waals surface area (Å²) >= 11 is 12.2. The Balaban J connectivity index is 2.00. The molecular weight excluding hydrogens is 337 g/mol. The van der Waals surface area contributed by atoms with Crippen molar-refractivity contribution in [2.24, 2.45) is 0 Å². The Morgan fingerprint density at radius 3 is 2.21 bits per heavy atom. The highest BCUT2D eigenvalue weighted by molar-refractivity contribution is 6.35. The highest BCUT2D eigenvalue weighted by atomic mass is 35.5. The highest BCUT2D eigenvalue weighted by Gasteiger charge is 2.13. The van der Waals surface area contributed by atoms with E-state index in [0.29, 0.717) is 10.0 Å². The maximum atomic E-state index is 6.26. The maximum Gasteiger partial charge on any atom is 0.0496 e. The van der Waals surface area contributed by atoms with Gasteiger partial charge in [0, 0.05) is 23.1 Å². The van der Waals surface area contributed by atoms with Crippen molar-refractivity contribution in [1.82, 2.24) is 4.90 Å². The first-order valence-electron chi connectivity index (χ1n) is 8.08. The van der Waals surface area contributed by atoms with Gasteiger partial charge in [-0.3, -0.25) is 4.90 Å². The summed E-state index contributed by atoms with van der Waals surface area (Å²) in [5, 5.41) is 1.29. The van der Waals surface area contributed by atoms with Gasteiger partial charge < -0.3 is 0 Å². The van der Waals surface area contributed by atoms with Crippen LogP contribution >= 0.6 is 23.2 Å². The molecule has 0 aliphatic heterocycles. The van der Waals surface area contributed by atoms with Crippen molar-refractivity contribution in [3.05, 3.63) is 75.8 Å². The topological polar surface area (TPSA) is 3.24 Å². The fraction of sp³-hybridized carbons (Fsp3) is 0.333. The molecular formula is C21H25Cl2N. The van der Waals surface area contributed by atoms with Crippen LogP contribution in [0.4, 0.5) is 0 Å². The zero-order chi connectivity index (χ0) is 17.9. The molecule has 3 heteroatoms. The van der Waals surface area contributed by atoms with Crippen molar-refractivity contribution in [2.45, 2.75) is 32.7 Å². The molecule has 0 spiro atoms. The molecule has 0 heterocycles. The number of benzene rings is 2. The third-order valence-corrected chi connectivity index (χ3v) is 4.59. The van der Waals surface area contributed by atoms with E-state index in [9.17, 15) is 0 Å². The second-order valence-electron chi connectivity index (χ2n) is 7.35. The second-order valence-corrected chi connectivity index (χ2v) is 8.19. The van der Waals surface area contributed by atoms with Crippen LogP contribution in [0.5, 0.6) is 0 Å². The van der Waals surface area contributed by atoms with E-state index in [-0.39, 0.29) is 5.41 Å². The van der Waals surface area contributed by atoms with Gasteiger partial charge in [-0.25, -0.2) is 0 Å². The minimum absolute atomic E-state index is 0.185. The SMILES string of the molecule is C=C(CN(C)Cc1ccc(C(C)(C)C)cc1)c1ccc(Cl)cc1Cl. The lowest BCUT2D eigenvalue weighted by Crippen LogP contribution is -2.20. The average Bonchev–Trinajstić information content (AvgIpc) is 2.46.